The maximum Gasteiger partial charge on any atom is 0.408 e. The molecule has 0 heterocycles. The number of carboxylic acid groups (broad SMARTS) is 1. The standard InChI is InChI=1S/C16H22N2O5/c1-16(2,3)23-15(22)18-12(14(20)21)9-13(19)10-7-5-6-8-11(10)17-4/h5-8,12,17H,9H2,1-4H3,(H,18,22)(H,20,21)/t12-/m0/s1. The molecule has 1 aromatic rings. The summed E-state index contributed by atoms with van der Waals surface area (Å²) in [6.07, 6.45) is -1.24. The minimum atomic E-state index is -1.36. The molecule has 0 aromatic heterocycles. The highest BCUT2D eigenvalue weighted by atomic mass is 16.6. The summed E-state index contributed by atoms with van der Waals surface area (Å²) < 4.78 is 5.01. The molecule has 0 radical (unpaired) electrons. The summed E-state index contributed by atoms with van der Waals surface area (Å²) in [6, 6.07) is 5.40. The van der Waals surface area contributed by atoms with Gasteiger partial charge in [0.15, 0.2) is 5.78 Å². The Hall–Kier alpha value is -2.57. The van der Waals surface area contributed by atoms with E-state index in [9.17, 15) is 19.5 Å². The molecule has 0 saturated heterocycles. The minimum Gasteiger partial charge on any atom is -0.480 e. The lowest BCUT2D eigenvalue weighted by molar-refractivity contribution is -0.139. The van der Waals surface area contributed by atoms with Gasteiger partial charge >= 0.3 is 12.1 Å². The number of hydrogen-bond acceptors (Lipinski definition) is 5. The van der Waals surface area contributed by atoms with Crippen molar-refractivity contribution in [3.63, 3.8) is 0 Å². The number of rotatable bonds is 6. The van der Waals surface area contributed by atoms with Crippen molar-refractivity contribution in [1.82, 2.24) is 5.32 Å². The molecule has 0 fully saturated rings. The first-order valence-corrected chi connectivity index (χ1v) is 7.16. The Bertz CT molecular complexity index is 592. The number of carbonyl (C=O) groups excluding carboxylic acids is 2. The zero-order valence-electron chi connectivity index (χ0n) is 13.7. The highest BCUT2D eigenvalue weighted by Crippen LogP contribution is 2.17. The van der Waals surface area contributed by atoms with Crippen molar-refractivity contribution >= 4 is 23.5 Å². The van der Waals surface area contributed by atoms with Crippen molar-refractivity contribution in [3.05, 3.63) is 29.8 Å². The van der Waals surface area contributed by atoms with Crippen LogP contribution < -0.4 is 10.6 Å². The number of para-hydroxylation sites is 1. The largest absolute Gasteiger partial charge is 0.480 e. The number of carbonyl (C=O) groups is 3. The van der Waals surface area contributed by atoms with Gasteiger partial charge in [0, 0.05) is 24.7 Å². The minimum absolute atomic E-state index is 0.368. The Morgan fingerprint density at radius 3 is 2.35 bits per heavy atom. The van der Waals surface area contributed by atoms with E-state index in [1.807, 2.05) is 0 Å². The summed E-state index contributed by atoms with van der Waals surface area (Å²) in [6.45, 7) is 4.99. The van der Waals surface area contributed by atoms with Gasteiger partial charge in [-0.3, -0.25) is 4.79 Å². The third-order valence-corrected chi connectivity index (χ3v) is 2.88. The van der Waals surface area contributed by atoms with Crippen LogP contribution in [0.5, 0.6) is 0 Å². The van der Waals surface area contributed by atoms with E-state index < -0.39 is 29.5 Å². The molecule has 7 heteroatoms. The SMILES string of the molecule is CNc1ccccc1C(=O)C[C@H](NC(=O)OC(C)(C)C)C(=O)O. The maximum absolute atomic E-state index is 12.3. The van der Waals surface area contributed by atoms with Crippen LogP contribution in [0.25, 0.3) is 0 Å². The van der Waals surface area contributed by atoms with Crippen LogP contribution >= 0.6 is 0 Å². The number of hydrogen-bond donors (Lipinski definition) is 3. The summed E-state index contributed by atoms with van der Waals surface area (Å²) in [4.78, 5) is 35.3. The molecule has 0 aliphatic rings. The second-order valence-electron chi connectivity index (χ2n) is 5.96. The van der Waals surface area contributed by atoms with Crippen molar-refractivity contribution in [2.45, 2.75) is 38.8 Å². The number of aliphatic carboxylic acids is 1. The fraction of sp³-hybridized carbons (Fsp3) is 0.438. The van der Waals surface area contributed by atoms with Gasteiger partial charge < -0.3 is 20.5 Å². The van der Waals surface area contributed by atoms with Crippen LogP contribution in [0, 0.1) is 0 Å². The molecule has 126 valence electrons. The molecule has 1 aromatic carbocycles. The number of nitrogens with one attached hydrogen (secondary N) is 2. The number of Topliss-reactive ketones (excluding diaryl/α,β-unsaturated/α-hetero) is 1. The molecule has 0 unspecified atom stereocenters. The summed E-state index contributed by atoms with van der Waals surface area (Å²) in [7, 11) is 1.67. The van der Waals surface area contributed by atoms with Gasteiger partial charge in [-0.1, -0.05) is 12.1 Å². The predicted molar refractivity (Wildman–Crippen MR) is 85.7 cm³/mol. The van der Waals surface area contributed by atoms with Gasteiger partial charge in [0.2, 0.25) is 0 Å². The smallest absolute Gasteiger partial charge is 0.408 e. The van der Waals surface area contributed by atoms with Gasteiger partial charge in [0.25, 0.3) is 0 Å². The second-order valence-corrected chi connectivity index (χ2v) is 5.96. The molecule has 1 amide bonds. The van der Waals surface area contributed by atoms with Crippen LogP contribution in [0.2, 0.25) is 0 Å². The normalized spacial score (nSPS) is 12.2. The van der Waals surface area contributed by atoms with Crippen molar-refractivity contribution in [2.24, 2.45) is 0 Å². The third kappa shape index (κ3) is 5.98. The van der Waals surface area contributed by atoms with Crippen molar-refractivity contribution < 1.29 is 24.2 Å². The Labute approximate surface area is 135 Å². The molecule has 0 spiro atoms. The lowest BCUT2D eigenvalue weighted by Crippen LogP contribution is -2.44. The molecule has 1 rings (SSSR count). The van der Waals surface area contributed by atoms with Gasteiger partial charge in [-0.05, 0) is 32.9 Å². The maximum atomic E-state index is 12.3. The molecule has 7 nitrogen and oxygen atoms in total. The molecule has 0 aliphatic carbocycles. The summed E-state index contributed by atoms with van der Waals surface area (Å²) in [5.41, 5.74) is 0.210. The quantitative estimate of drug-likeness (QED) is 0.694. The summed E-state index contributed by atoms with van der Waals surface area (Å²) in [5, 5.41) is 14.3. The number of ketones is 1. The highest BCUT2D eigenvalue weighted by molar-refractivity contribution is 6.03. The topological polar surface area (TPSA) is 105 Å². The van der Waals surface area contributed by atoms with Gasteiger partial charge in [-0.15, -0.1) is 0 Å². The highest BCUT2D eigenvalue weighted by Gasteiger charge is 2.27. The summed E-state index contributed by atoms with van der Waals surface area (Å²) in [5.74, 6) is -1.69. The predicted octanol–water partition coefficient (Wildman–Crippen LogP) is 2.28. The molecule has 0 aliphatic heterocycles. The van der Waals surface area contributed by atoms with E-state index in [1.165, 1.54) is 0 Å². The van der Waals surface area contributed by atoms with Gasteiger partial charge in [0.05, 0.1) is 0 Å². The van der Waals surface area contributed by atoms with Crippen molar-refractivity contribution in [2.75, 3.05) is 12.4 Å². The van der Waals surface area contributed by atoms with Crippen LogP contribution in [0.3, 0.4) is 0 Å². The molecule has 3 N–H and O–H groups in total. The van der Waals surface area contributed by atoms with Crippen LogP contribution in [-0.4, -0.2) is 41.6 Å². The Kier molecular flexibility index (Phi) is 6.12. The first-order valence-electron chi connectivity index (χ1n) is 7.16. The first-order chi connectivity index (χ1) is 10.6. The number of ether oxygens (including phenoxy) is 1. The summed E-state index contributed by atoms with van der Waals surface area (Å²) >= 11 is 0. The van der Waals surface area contributed by atoms with E-state index in [2.05, 4.69) is 10.6 Å². The van der Waals surface area contributed by atoms with E-state index in [4.69, 9.17) is 4.74 Å². The number of anilines is 1. The Morgan fingerprint density at radius 1 is 1.22 bits per heavy atom. The number of alkyl carbamates (subject to hydrolysis) is 1. The lowest BCUT2D eigenvalue weighted by Gasteiger charge is -2.22. The molecule has 1 atom stereocenters. The lowest BCUT2D eigenvalue weighted by atomic mass is 10.0. The number of benzene rings is 1. The monoisotopic (exact) mass is 322 g/mol. The average molecular weight is 322 g/mol. The zero-order valence-corrected chi connectivity index (χ0v) is 13.7. The van der Waals surface area contributed by atoms with Crippen LogP contribution in [0.15, 0.2) is 24.3 Å². The third-order valence-electron chi connectivity index (χ3n) is 2.88. The molecule has 0 saturated carbocycles. The van der Waals surface area contributed by atoms with Gasteiger partial charge in [-0.25, -0.2) is 9.59 Å². The van der Waals surface area contributed by atoms with Crippen molar-refractivity contribution in [1.29, 1.82) is 0 Å². The number of amides is 1. The van der Waals surface area contributed by atoms with E-state index in [1.54, 1.807) is 52.1 Å². The number of carboxylic acids is 1. The first kappa shape index (κ1) is 18.5. The average Bonchev–Trinajstić information content (AvgIpc) is 2.44. The van der Waals surface area contributed by atoms with E-state index >= 15 is 0 Å². The fourth-order valence-corrected chi connectivity index (χ4v) is 1.89. The van der Waals surface area contributed by atoms with E-state index in [0.29, 0.717) is 11.3 Å². The van der Waals surface area contributed by atoms with Gasteiger partial charge in [-0.2, -0.15) is 0 Å². The van der Waals surface area contributed by atoms with Crippen LogP contribution in [0.4, 0.5) is 10.5 Å². The Morgan fingerprint density at radius 2 is 1.83 bits per heavy atom. The zero-order chi connectivity index (χ0) is 17.6. The second kappa shape index (κ2) is 7.62. The molecular formula is C16H22N2O5. The fourth-order valence-electron chi connectivity index (χ4n) is 1.89. The molecule has 23 heavy (non-hydrogen) atoms. The van der Waals surface area contributed by atoms with Crippen LogP contribution in [0.1, 0.15) is 37.6 Å². The van der Waals surface area contributed by atoms with Crippen molar-refractivity contribution in [3.8, 4) is 0 Å². The van der Waals surface area contributed by atoms with Crippen LogP contribution in [-0.2, 0) is 9.53 Å². The Balaban J connectivity index is 2.82. The van der Waals surface area contributed by atoms with E-state index in [0.717, 1.165) is 0 Å². The molecular weight excluding hydrogens is 300 g/mol. The van der Waals surface area contributed by atoms with Gasteiger partial charge in [0.1, 0.15) is 11.6 Å². The van der Waals surface area contributed by atoms with E-state index in [-0.39, 0.29) is 6.42 Å². The molecule has 0 bridgehead atoms.